The maximum atomic E-state index is 15.3. The molecule has 8 nitrogen and oxygen atoms in total. The van der Waals surface area contributed by atoms with Gasteiger partial charge in [-0.05, 0) is 49.9 Å². The lowest BCUT2D eigenvalue weighted by Gasteiger charge is -2.44. The van der Waals surface area contributed by atoms with Crippen molar-refractivity contribution in [1.29, 1.82) is 0 Å². The van der Waals surface area contributed by atoms with E-state index in [9.17, 15) is 8.42 Å². The molecule has 11 heteroatoms. The normalized spacial score (nSPS) is 23.3. The van der Waals surface area contributed by atoms with Crippen LogP contribution in [0.2, 0.25) is 0 Å². The number of anilines is 1. The molecule has 3 atom stereocenters. The zero-order valence-corrected chi connectivity index (χ0v) is 20.7. The zero-order chi connectivity index (χ0) is 25.2. The van der Waals surface area contributed by atoms with E-state index >= 15 is 8.78 Å². The van der Waals surface area contributed by atoms with Crippen molar-refractivity contribution in [2.45, 2.75) is 62.4 Å². The topological polar surface area (TPSA) is 99.0 Å². The van der Waals surface area contributed by atoms with Crippen molar-refractivity contribution in [3.05, 3.63) is 60.3 Å². The van der Waals surface area contributed by atoms with Crippen LogP contribution in [0, 0.1) is 17.6 Å². The number of benzene rings is 1. The number of hydrogen-bond acceptors (Lipinski definition) is 6. The van der Waals surface area contributed by atoms with E-state index in [4.69, 9.17) is 4.74 Å². The highest BCUT2D eigenvalue weighted by Crippen LogP contribution is 2.45. The Bertz CT molecular complexity index is 1290. The van der Waals surface area contributed by atoms with Gasteiger partial charge in [0.1, 0.15) is 22.6 Å². The van der Waals surface area contributed by atoms with Crippen molar-refractivity contribution in [1.82, 2.24) is 19.7 Å². The van der Waals surface area contributed by atoms with Crippen molar-refractivity contribution < 1.29 is 21.9 Å². The van der Waals surface area contributed by atoms with Crippen LogP contribution in [0.3, 0.4) is 0 Å². The minimum Gasteiger partial charge on any atom is -0.483 e. The van der Waals surface area contributed by atoms with Crippen LogP contribution in [0.4, 0.5) is 14.6 Å². The highest BCUT2D eigenvalue weighted by molar-refractivity contribution is 7.92. The molecular weight excluding hydrogens is 476 g/mol. The molecule has 35 heavy (non-hydrogen) atoms. The number of hydrogen-bond donors (Lipinski definition) is 1. The predicted octanol–water partition coefficient (Wildman–Crippen LogP) is 4.81. The van der Waals surface area contributed by atoms with Gasteiger partial charge in [0.15, 0.2) is 11.6 Å². The maximum absolute atomic E-state index is 15.3. The van der Waals surface area contributed by atoms with Gasteiger partial charge in [0.2, 0.25) is 5.82 Å². The molecule has 1 fully saturated rings. The van der Waals surface area contributed by atoms with Crippen molar-refractivity contribution in [2.75, 3.05) is 4.72 Å². The van der Waals surface area contributed by atoms with E-state index in [2.05, 4.69) is 19.8 Å². The van der Waals surface area contributed by atoms with Gasteiger partial charge >= 0.3 is 0 Å². The smallest absolute Gasteiger partial charge is 0.266 e. The fourth-order valence-electron chi connectivity index (χ4n) is 4.81. The van der Waals surface area contributed by atoms with Crippen LogP contribution in [0.15, 0.2) is 47.9 Å². The van der Waals surface area contributed by atoms with Gasteiger partial charge in [-0.1, -0.05) is 26.2 Å². The van der Waals surface area contributed by atoms with Crippen LogP contribution < -0.4 is 9.46 Å². The summed E-state index contributed by atoms with van der Waals surface area (Å²) in [5, 5.41) is 4.29. The molecule has 0 spiro atoms. The average molecular weight is 506 g/mol. The zero-order valence-electron chi connectivity index (χ0n) is 19.9. The number of nitrogens with one attached hydrogen (secondary N) is 1. The summed E-state index contributed by atoms with van der Waals surface area (Å²) in [7, 11) is -2.58. The Morgan fingerprint density at radius 3 is 2.54 bits per heavy atom. The predicted molar refractivity (Wildman–Crippen MR) is 126 cm³/mol. The molecular formula is C24H29F2N5O3S. The first-order chi connectivity index (χ1) is 16.6. The molecule has 1 aromatic carbocycles. The van der Waals surface area contributed by atoms with E-state index in [1.807, 2.05) is 27.0 Å². The summed E-state index contributed by atoms with van der Waals surface area (Å²) < 4.78 is 66.0. The first kappa shape index (κ1) is 25.0. The largest absolute Gasteiger partial charge is 0.483 e. The minimum absolute atomic E-state index is 0.0213. The molecule has 2 aromatic heterocycles. The van der Waals surface area contributed by atoms with Crippen molar-refractivity contribution in [2.24, 2.45) is 13.0 Å². The lowest BCUT2D eigenvalue weighted by molar-refractivity contribution is -0.0123. The molecule has 1 aliphatic rings. The molecule has 4 rings (SSSR count). The molecule has 1 saturated carbocycles. The lowest BCUT2D eigenvalue weighted by atomic mass is 9.71. The summed E-state index contributed by atoms with van der Waals surface area (Å²) in [5.74, 6) is -3.35. The Morgan fingerprint density at radius 1 is 1.09 bits per heavy atom. The third-order valence-corrected chi connectivity index (χ3v) is 8.34. The van der Waals surface area contributed by atoms with Gasteiger partial charge in [0.25, 0.3) is 10.0 Å². The van der Waals surface area contributed by atoms with Gasteiger partial charge in [-0.25, -0.2) is 22.8 Å². The molecule has 1 N–H and O–H groups in total. The summed E-state index contributed by atoms with van der Waals surface area (Å²) in [6.07, 6.45) is 8.93. The van der Waals surface area contributed by atoms with Gasteiger partial charge in [-0.3, -0.25) is 9.40 Å². The average Bonchev–Trinajstić information content (AvgIpc) is 3.23. The number of nitrogens with zero attached hydrogens (tertiary/aromatic N) is 4. The number of aryl methyl sites for hydroxylation is 1. The quantitative estimate of drug-likeness (QED) is 0.516. The van der Waals surface area contributed by atoms with E-state index in [1.54, 1.807) is 10.9 Å². The molecule has 3 aromatic rings. The summed E-state index contributed by atoms with van der Waals surface area (Å²) in [4.78, 5) is 6.63. The third kappa shape index (κ3) is 5.00. The molecule has 0 aliphatic heterocycles. The van der Waals surface area contributed by atoms with Gasteiger partial charge in [0.05, 0.1) is 0 Å². The standard InChI is InChI=1S/C24H29F2N5O3S/c1-16-7-5-4-6-8-17(18-11-14-29-31(18)3)24(16,2)34-19-9-10-20(23(26)22(19)25)35(32,33)30-21-12-13-27-15-28-21/h9-17H,4-8H2,1-3H3,(H,27,28,30)/t16-,17+,24+/m0/s1. The number of aromatic nitrogens is 4. The number of ether oxygens (including phenoxy) is 1. The first-order valence-electron chi connectivity index (χ1n) is 11.6. The number of rotatable bonds is 6. The van der Waals surface area contributed by atoms with Crippen molar-refractivity contribution in [3.8, 4) is 5.75 Å². The molecule has 188 valence electrons. The summed E-state index contributed by atoms with van der Waals surface area (Å²) >= 11 is 0. The van der Waals surface area contributed by atoms with E-state index < -0.39 is 32.2 Å². The van der Waals surface area contributed by atoms with E-state index in [1.165, 1.54) is 18.3 Å². The monoisotopic (exact) mass is 505 g/mol. The lowest BCUT2D eigenvalue weighted by Crippen LogP contribution is -2.47. The number of halogens is 2. The molecule has 2 heterocycles. The van der Waals surface area contributed by atoms with Gasteiger partial charge in [-0.15, -0.1) is 0 Å². The van der Waals surface area contributed by atoms with Gasteiger partial charge in [0, 0.05) is 31.1 Å². The van der Waals surface area contributed by atoms with Crippen LogP contribution in [0.1, 0.15) is 57.6 Å². The Labute approximate surface area is 203 Å². The van der Waals surface area contributed by atoms with Crippen LogP contribution in [0.5, 0.6) is 5.75 Å². The molecule has 0 radical (unpaired) electrons. The maximum Gasteiger partial charge on any atom is 0.266 e. The Balaban J connectivity index is 1.70. The molecule has 0 amide bonds. The third-order valence-electron chi connectivity index (χ3n) is 6.97. The van der Waals surface area contributed by atoms with Gasteiger partial charge in [-0.2, -0.15) is 9.49 Å². The SMILES string of the molecule is C[C@H]1CCCCC[C@H](c2ccnn2C)[C@]1(C)Oc1ccc(S(=O)(=O)Nc2ccncn2)c(F)c1F. The van der Waals surface area contributed by atoms with E-state index in [0.29, 0.717) is 0 Å². The Hall–Kier alpha value is -3.08. The highest BCUT2D eigenvalue weighted by atomic mass is 32.2. The Morgan fingerprint density at radius 2 is 1.86 bits per heavy atom. The first-order valence-corrected chi connectivity index (χ1v) is 13.1. The molecule has 0 saturated heterocycles. The fourth-order valence-corrected chi connectivity index (χ4v) is 5.89. The van der Waals surface area contributed by atoms with Crippen LogP contribution in [-0.4, -0.2) is 33.8 Å². The Kier molecular flexibility index (Phi) is 7.07. The number of sulfonamides is 1. The fraction of sp³-hybridized carbons (Fsp3) is 0.458. The van der Waals surface area contributed by atoms with Crippen molar-refractivity contribution >= 4 is 15.8 Å². The highest BCUT2D eigenvalue weighted by Gasteiger charge is 2.44. The van der Waals surface area contributed by atoms with Gasteiger partial charge < -0.3 is 4.74 Å². The second-order valence-electron chi connectivity index (χ2n) is 9.15. The van der Waals surface area contributed by atoms with E-state index in [0.717, 1.165) is 50.2 Å². The molecule has 0 unspecified atom stereocenters. The summed E-state index contributed by atoms with van der Waals surface area (Å²) in [6, 6.07) is 5.40. The molecule has 0 bridgehead atoms. The summed E-state index contributed by atoms with van der Waals surface area (Å²) in [5.41, 5.74) is 0.0801. The minimum atomic E-state index is -4.43. The van der Waals surface area contributed by atoms with Crippen molar-refractivity contribution in [3.63, 3.8) is 0 Å². The summed E-state index contributed by atoms with van der Waals surface area (Å²) in [6.45, 7) is 3.97. The van der Waals surface area contributed by atoms with E-state index in [-0.39, 0.29) is 23.4 Å². The second-order valence-corrected chi connectivity index (χ2v) is 10.8. The molecule has 1 aliphatic carbocycles. The second kappa shape index (κ2) is 9.88. The van der Waals surface area contributed by atoms with Crippen LogP contribution >= 0.6 is 0 Å². The van der Waals surface area contributed by atoms with Crippen LogP contribution in [-0.2, 0) is 17.1 Å². The van der Waals surface area contributed by atoms with Crippen LogP contribution in [0.25, 0.3) is 0 Å².